The van der Waals surface area contributed by atoms with E-state index in [1.807, 2.05) is 86.6 Å². The summed E-state index contributed by atoms with van der Waals surface area (Å²) < 4.78 is 6.21. The molecular formula is C50H66Cl4N4O4. The SMILES string of the molecule is C=CC(=O)CCc1ccccc1.CC(C)C[C@@H](N)C(=O)NCc1ccc(Cl)c(Cl)c1.CC(C)C[C@@H](NCCC(=O)CCc1ccccc1)C(=O)NCc1ccc(Cl)c(Cl)c1.[2H]CC. The summed E-state index contributed by atoms with van der Waals surface area (Å²) in [6.07, 6.45) is 5.81. The van der Waals surface area contributed by atoms with E-state index in [1.54, 1.807) is 31.2 Å². The van der Waals surface area contributed by atoms with Gasteiger partial charge >= 0.3 is 0 Å². The number of aryl methyl sites for hydroxylation is 2. The Bertz CT molecular complexity index is 1950. The molecule has 0 fully saturated rings. The number of nitrogens with two attached hydrogens (primary N) is 1. The summed E-state index contributed by atoms with van der Waals surface area (Å²) >= 11 is 23.7. The third-order valence-electron chi connectivity index (χ3n) is 9.05. The maximum absolute atomic E-state index is 12.7. The number of allylic oxidation sites excluding steroid dienone is 1. The van der Waals surface area contributed by atoms with Crippen LogP contribution in [0.2, 0.25) is 20.1 Å². The van der Waals surface area contributed by atoms with Crippen LogP contribution in [0, 0.1) is 11.8 Å². The third kappa shape index (κ3) is 25.2. The fraction of sp³-hybridized carbons (Fsp3) is 0.400. The minimum atomic E-state index is -0.465. The summed E-state index contributed by atoms with van der Waals surface area (Å²) in [4.78, 5) is 47.4. The van der Waals surface area contributed by atoms with Gasteiger partial charge in [-0.15, -0.1) is 0 Å². The number of rotatable bonds is 21. The molecule has 0 bridgehead atoms. The molecule has 0 aliphatic heterocycles. The number of hydrogen-bond donors (Lipinski definition) is 4. The molecule has 2 amide bonds. The lowest BCUT2D eigenvalue weighted by atomic mass is 10.0. The van der Waals surface area contributed by atoms with Gasteiger partial charge in [-0.2, -0.15) is 0 Å². The smallest absolute Gasteiger partial charge is 0.237 e. The van der Waals surface area contributed by atoms with Crippen molar-refractivity contribution in [2.45, 2.75) is 112 Å². The molecule has 4 rings (SSSR count). The Hall–Kier alpha value is -4.02. The Morgan fingerprint density at radius 3 is 1.53 bits per heavy atom. The Morgan fingerprint density at radius 1 is 0.645 bits per heavy atom. The fourth-order valence-corrected chi connectivity index (χ4v) is 6.40. The van der Waals surface area contributed by atoms with Gasteiger partial charge in [0.25, 0.3) is 0 Å². The van der Waals surface area contributed by atoms with Crippen LogP contribution in [0.3, 0.4) is 0 Å². The quantitative estimate of drug-likeness (QED) is 0.0616. The van der Waals surface area contributed by atoms with E-state index >= 15 is 0 Å². The zero-order valence-corrected chi connectivity index (χ0v) is 39.9. The maximum Gasteiger partial charge on any atom is 0.237 e. The number of benzene rings is 4. The van der Waals surface area contributed by atoms with Gasteiger partial charge in [0.1, 0.15) is 5.78 Å². The second-order valence-electron chi connectivity index (χ2n) is 15.2. The van der Waals surface area contributed by atoms with Crippen LogP contribution < -0.4 is 21.7 Å². The van der Waals surface area contributed by atoms with Crippen molar-refractivity contribution >= 4 is 69.8 Å². The van der Waals surface area contributed by atoms with E-state index in [-0.39, 0.29) is 29.4 Å². The van der Waals surface area contributed by atoms with Gasteiger partial charge in [-0.25, -0.2) is 0 Å². The Labute approximate surface area is 392 Å². The Morgan fingerprint density at radius 2 is 1.10 bits per heavy atom. The maximum atomic E-state index is 12.7. The van der Waals surface area contributed by atoms with E-state index in [9.17, 15) is 19.2 Å². The van der Waals surface area contributed by atoms with Gasteiger partial charge in [0, 0.05) is 40.3 Å². The first kappa shape index (κ1) is 54.1. The average molecular weight is 930 g/mol. The van der Waals surface area contributed by atoms with Crippen LogP contribution in [0.25, 0.3) is 0 Å². The number of nitrogens with one attached hydrogen (secondary N) is 3. The largest absolute Gasteiger partial charge is 0.351 e. The molecule has 0 aromatic heterocycles. The van der Waals surface area contributed by atoms with Crippen LogP contribution >= 0.6 is 46.4 Å². The summed E-state index contributed by atoms with van der Waals surface area (Å²) in [6, 6.07) is 29.7. The highest BCUT2D eigenvalue weighted by Crippen LogP contribution is 2.23. The van der Waals surface area contributed by atoms with Crippen molar-refractivity contribution in [3.63, 3.8) is 0 Å². The molecule has 4 aromatic carbocycles. The number of halogens is 4. The molecule has 0 radical (unpaired) electrons. The number of ketones is 2. The highest BCUT2D eigenvalue weighted by molar-refractivity contribution is 6.42. The molecule has 0 unspecified atom stereocenters. The van der Waals surface area contributed by atoms with Gasteiger partial charge < -0.3 is 21.7 Å². The van der Waals surface area contributed by atoms with Gasteiger partial charge in [0.2, 0.25) is 11.8 Å². The average Bonchev–Trinajstić information content (AvgIpc) is 3.26. The predicted octanol–water partition coefficient (Wildman–Crippen LogP) is 11.6. The molecule has 0 aliphatic carbocycles. The third-order valence-corrected chi connectivity index (χ3v) is 10.5. The van der Waals surface area contributed by atoms with E-state index in [2.05, 4.69) is 36.4 Å². The molecule has 8 nitrogen and oxygen atoms in total. The van der Waals surface area contributed by atoms with Gasteiger partial charge in [-0.3, -0.25) is 19.2 Å². The Balaban J connectivity index is 0.000000507. The number of carbonyl (C=O) groups excluding carboxylic acids is 4. The van der Waals surface area contributed by atoms with Crippen molar-refractivity contribution in [1.29, 1.82) is 0 Å². The summed E-state index contributed by atoms with van der Waals surface area (Å²) in [5, 5.41) is 10.9. The zero-order valence-electron chi connectivity index (χ0n) is 37.8. The van der Waals surface area contributed by atoms with Crippen LogP contribution in [0.1, 0.15) is 97.2 Å². The molecule has 2 atom stereocenters. The molecule has 0 heterocycles. The minimum absolute atomic E-state index is 0.0773. The van der Waals surface area contributed by atoms with Crippen LogP contribution in [0.15, 0.2) is 110 Å². The number of amides is 2. The lowest BCUT2D eigenvalue weighted by Crippen LogP contribution is -2.45. The second kappa shape index (κ2) is 32.6. The summed E-state index contributed by atoms with van der Waals surface area (Å²) in [5.74, 6) is 0.841. The molecule has 338 valence electrons. The molecule has 0 saturated heterocycles. The molecule has 5 N–H and O–H groups in total. The van der Waals surface area contributed by atoms with Crippen LogP contribution in [0.5, 0.6) is 0 Å². The fourth-order valence-electron chi connectivity index (χ4n) is 5.75. The molecule has 0 aliphatic rings. The molecule has 62 heavy (non-hydrogen) atoms. The first-order valence-electron chi connectivity index (χ1n) is 21.7. The summed E-state index contributed by atoms with van der Waals surface area (Å²) in [5.41, 5.74) is 9.93. The molecular weight excluding hydrogens is 862 g/mol. The van der Waals surface area contributed by atoms with Crippen molar-refractivity contribution in [3.8, 4) is 0 Å². The number of carbonyl (C=O) groups is 4. The van der Waals surface area contributed by atoms with E-state index < -0.39 is 6.04 Å². The molecule has 4 aromatic rings. The van der Waals surface area contributed by atoms with Crippen molar-refractivity contribution in [2.75, 3.05) is 6.54 Å². The van der Waals surface area contributed by atoms with Crippen LogP contribution in [-0.4, -0.2) is 42.0 Å². The van der Waals surface area contributed by atoms with Crippen molar-refractivity contribution < 1.29 is 20.5 Å². The molecule has 0 spiro atoms. The van der Waals surface area contributed by atoms with Gasteiger partial charge in [0.05, 0.1) is 32.2 Å². The highest BCUT2D eigenvalue weighted by Gasteiger charge is 2.20. The van der Waals surface area contributed by atoms with Gasteiger partial charge in [-0.05, 0) is 90.1 Å². The van der Waals surface area contributed by atoms with E-state index in [0.29, 0.717) is 90.6 Å². The minimum Gasteiger partial charge on any atom is -0.351 e. The highest BCUT2D eigenvalue weighted by atomic mass is 35.5. The van der Waals surface area contributed by atoms with Crippen molar-refractivity contribution in [2.24, 2.45) is 17.6 Å². The van der Waals surface area contributed by atoms with Crippen molar-refractivity contribution in [1.82, 2.24) is 16.0 Å². The van der Waals surface area contributed by atoms with Crippen molar-refractivity contribution in [3.05, 3.63) is 152 Å². The zero-order chi connectivity index (χ0) is 47.2. The summed E-state index contributed by atoms with van der Waals surface area (Å²) in [7, 11) is 0. The van der Waals surface area contributed by atoms with Gasteiger partial charge in [0.15, 0.2) is 5.78 Å². The van der Waals surface area contributed by atoms with Crippen LogP contribution in [-0.2, 0) is 45.1 Å². The van der Waals surface area contributed by atoms with E-state index in [4.69, 9.17) is 53.5 Å². The molecule has 12 heteroatoms. The molecule has 0 saturated carbocycles. The topological polar surface area (TPSA) is 130 Å². The lowest BCUT2D eigenvalue weighted by molar-refractivity contribution is -0.124. The first-order valence-corrected chi connectivity index (χ1v) is 22.5. The predicted molar refractivity (Wildman–Crippen MR) is 261 cm³/mol. The number of hydrogen-bond acceptors (Lipinski definition) is 6. The van der Waals surface area contributed by atoms with E-state index in [1.165, 1.54) is 11.6 Å². The summed E-state index contributed by atoms with van der Waals surface area (Å²) in [6.45, 7) is 15.2. The van der Waals surface area contributed by atoms with Gasteiger partial charge in [-0.1, -0.05) is 167 Å². The monoisotopic (exact) mass is 927 g/mol. The van der Waals surface area contributed by atoms with E-state index in [0.717, 1.165) is 29.5 Å². The second-order valence-corrected chi connectivity index (χ2v) is 16.9. The first-order chi connectivity index (χ1) is 30.0. The normalized spacial score (nSPS) is 11.6. The Kier molecular flexibility index (Phi) is 28.5. The number of Topliss-reactive ketones (excluding diaryl/α,β-unsaturated/α-hetero) is 1. The lowest BCUT2D eigenvalue weighted by Gasteiger charge is -2.20. The standard InChI is InChI=1S/C24H30Cl2N2O2.C13H18Cl2N2O.C11H12O.C2H6/c1-17(2)14-23(24(30)28-16-19-9-11-21(25)22(26)15-19)27-13-12-20(29)10-8-18-6-4-3-5-7-18;1-8(2)5-12(16)13(18)17-7-9-3-4-10(14)11(15)6-9;1-2-11(12)9-8-10-6-4-3-5-7-10;1-2/h3-7,9,11,15,17,23,27H,8,10,12-14,16H2,1-2H3,(H,28,30);3-4,6,8,12H,5,7,16H2,1-2H3,(H,17,18);2-7H,1,8-9H2;1-2H3/t23-;12-;;/m11../s1/i;;;1D. The van der Waals surface area contributed by atoms with Crippen LogP contribution in [0.4, 0.5) is 0 Å².